The molecule has 4 aromatic rings. The van der Waals surface area contributed by atoms with Crippen LogP contribution in [0.5, 0.6) is 5.75 Å². The van der Waals surface area contributed by atoms with E-state index in [1.54, 1.807) is 48.2 Å². The number of anilines is 2. The van der Waals surface area contributed by atoms with Crippen LogP contribution in [0.1, 0.15) is 16.8 Å². The molecule has 0 fully saturated rings. The van der Waals surface area contributed by atoms with Crippen LogP contribution in [0, 0.1) is 18.8 Å². The Labute approximate surface area is 201 Å². The standard InChI is InChI=1S/C26H22N6O3/c1-17-9-11-19(14-18(17)10-12-20-15-27-24-8-5-13-28-32(20)24)29-26(34)30-21-16-35-23-7-4-3-6-22(23)31(2)25(21)33/h3-9,11,13-15,21H,16H2,1-2H3,(H2,29,30,34)/t21-/m0/s1. The summed E-state index contributed by atoms with van der Waals surface area (Å²) in [5, 5.41) is 9.76. The second kappa shape index (κ2) is 9.19. The van der Waals surface area contributed by atoms with E-state index in [-0.39, 0.29) is 12.5 Å². The number of hydrogen-bond acceptors (Lipinski definition) is 5. The first kappa shape index (κ1) is 22.0. The fraction of sp³-hybridized carbons (Fsp3) is 0.154. The third kappa shape index (κ3) is 4.50. The molecular weight excluding hydrogens is 444 g/mol. The molecule has 1 atom stereocenters. The molecule has 35 heavy (non-hydrogen) atoms. The number of fused-ring (bicyclic) bond motifs is 2. The average Bonchev–Trinajstić information content (AvgIpc) is 3.24. The van der Waals surface area contributed by atoms with Gasteiger partial charge < -0.3 is 20.3 Å². The van der Waals surface area contributed by atoms with E-state index in [0.29, 0.717) is 28.5 Å². The van der Waals surface area contributed by atoms with Gasteiger partial charge in [-0.1, -0.05) is 24.1 Å². The van der Waals surface area contributed by atoms with Crippen LogP contribution in [-0.2, 0) is 4.79 Å². The lowest BCUT2D eigenvalue weighted by atomic mass is 10.1. The molecule has 0 spiro atoms. The van der Waals surface area contributed by atoms with E-state index < -0.39 is 12.1 Å². The van der Waals surface area contributed by atoms with Gasteiger partial charge in [0.25, 0.3) is 5.91 Å². The maximum absolute atomic E-state index is 12.9. The van der Waals surface area contributed by atoms with Crippen LogP contribution in [0.25, 0.3) is 5.65 Å². The van der Waals surface area contributed by atoms with Gasteiger partial charge in [0.2, 0.25) is 0 Å². The van der Waals surface area contributed by atoms with Gasteiger partial charge in [0.05, 0.1) is 11.9 Å². The van der Waals surface area contributed by atoms with E-state index in [4.69, 9.17) is 4.74 Å². The SMILES string of the molecule is Cc1ccc(NC(=O)N[C@H]2COc3ccccc3N(C)C2=O)cc1C#Cc1cnc2cccnn12. The minimum Gasteiger partial charge on any atom is -0.489 e. The van der Waals surface area contributed by atoms with Crippen molar-refractivity contribution >= 4 is 29.0 Å². The summed E-state index contributed by atoms with van der Waals surface area (Å²) in [7, 11) is 1.66. The van der Waals surface area contributed by atoms with Gasteiger partial charge in [0, 0.05) is 24.5 Å². The maximum atomic E-state index is 12.9. The zero-order valence-corrected chi connectivity index (χ0v) is 19.1. The molecule has 9 nitrogen and oxygen atoms in total. The van der Waals surface area contributed by atoms with Crippen molar-refractivity contribution in [1.29, 1.82) is 0 Å². The minimum atomic E-state index is -0.834. The number of aryl methyl sites for hydroxylation is 1. The van der Waals surface area contributed by atoms with Crippen molar-refractivity contribution < 1.29 is 14.3 Å². The Morgan fingerprint density at radius 2 is 2.00 bits per heavy atom. The molecule has 3 amide bonds. The van der Waals surface area contributed by atoms with Crippen molar-refractivity contribution in [3.63, 3.8) is 0 Å². The largest absolute Gasteiger partial charge is 0.489 e. The Morgan fingerprint density at radius 3 is 2.89 bits per heavy atom. The predicted molar refractivity (Wildman–Crippen MR) is 131 cm³/mol. The lowest BCUT2D eigenvalue weighted by Crippen LogP contribution is -2.50. The number of aromatic nitrogens is 3. The highest BCUT2D eigenvalue weighted by molar-refractivity contribution is 6.02. The average molecular weight is 467 g/mol. The molecule has 3 heterocycles. The van der Waals surface area contributed by atoms with E-state index in [1.165, 1.54) is 4.90 Å². The van der Waals surface area contributed by atoms with Gasteiger partial charge in [-0.3, -0.25) is 4.79 Å². The van der Waals surface area contributed by atoms with Crippen LogP contribution in [0.3, 0.4) is 0 Å². The molecule has 2 N–H and O–H groups in total. The van der Waals surface area contributed by atoms with Crippen molar-refractivity contribution in [2.24, 2.45) is 0 Å². The highest BCUT2D eigenvalue weighted by Crippen LogP contribution is 2.29. The Morgan fingerprint density at radius 1 is 1.14 bits per heavy atom. The minimum absolute atomic E-state index is 0.0333. The zero-order valence-electron chi connectivity index (χ0n) is 19.1. The van der Waals surface area contributed by atoms with Crippen LogP contribution in [0.15, 0.2) is 67.0 Å². The van der Waals surface area contributed by atoms with Gasteiger partial charge in [-0.25, -0.2) is 14.3 Å². The summed E-state index contributed by atoms with van der Waals surface area (Å²) in [6.07, 6.45) is 3.34. The number of nitrogens with zero attached hydrogens (tertiary/aromatic N) is 4. The number of nitrogens with one attached hydrogen (secondary N) is 2. The van der Waals surface area contributed by atoms with Crippen molar-refractivity contribution in [3.05, 3.63) is 83.8 Å². The third-order valence-corrected chi connectivity index (χ3v) is 5.66. The van der Waals surface area contributed by atoms with Crippen molar-refractivity contribution in [3.8, 4) is 17.6 Å². The maximum Gasteiger partial charge on any atom is 0.320 e. The van der Waals surface area contributed by atoms with E-state index >= 15 is 0 Å². The van der Waals surface area contributed by atoms with Crippen LogP contribution in [-0.4, -0.2) is 46.2 Å². The number of carbonyl (C=O) groups is 2. The number of benzene rings is 2. The van der Waals surface area contributed by atoms with Gasteiger partial charge in [-0.05, 0) is 54.8 Å². The molecule has 0 unspecified atom stereocenters. The van der Waals surface area contributed by atoms with E-state index in [0.717, 1.165) is 11.1 Å². The number of hydrogen-bond donors (Lipinski definition) is 2. The molecule has 0 aliphatic carbocycles. The summed E-state index contributed by atoms with van der Waals surface area (Å²) >= 11 is 0. The monoisotopic (exact) mass is 466 g/mol. The molecule has 0 radical (unpaired) electrons. The first-order valence-electron chi connectivity index (χ1n) is 11.0. The molecule has 0 saturated carbocycles. The molecular formula is C26H22N6O3. The fourth-order valence-corrected chi connectivity index (χ4v) is 3.76. The van der Waals surface area contributed by atoms with Gasteiger partial charge in [-0.15, -0.1) is 0 Å². The number of ether oxygens (including phenoxy) is 1. The summed E-state index contributed by atoms with van der Waals surface area (Å²) in [5.74, 6) is 6.55. The number of amides is 3. The van der Waals surface area contributed by atoms with Gasteiger partial charge in [0.15, 0.2) is 5.65 Å². The number of imidazole rings is 1. The number of carbonyl (C=O) groups excluding carboxylic acids is 2. The topological polar surface area (TPSA) is 101 Å². The van der Waals surface area contributed by atoms with Crippen LogP contribution >= 0.6 is 0 Å². The lowest BCUT2D eigenvalue weighted by molar-refractivity contribution is -0.120. The fourth-order valence-electron chi connectivity index (χ4n) is 3.76. The first-order chi connectivity index (χ1) is 17.0. The summed E-state index contributed by atoms with van der Waals surface area (Å²) in [4.78, 5) is 31.3. The smallest absolute Gasteiger partial charge is 0.320 e. The number of likely N-dealkylation sites (N-methyl/N-ethyl adjacent to an activating group) is 1. The number of rotatable bonds is 2. The van der Waals surface area contributed by atoms with Gasteiger partial charge in [0.1, 0.15) is 24.1 Å². The van der Waals surface area contributed by atoms with E-state index in [2.05, 4.69) is 32.6 Å². The van der Waals surface area contributed by atoms with Crippen LogP contribution < -0.4 is 20.3 Å². The highest BCUT2D eigenvalue weighted by atomic mass is 16.5. The first-order valence-corrected chi connectivity index (χ1v) is 11.0. The molecule has 174 valence electrons. The molecule has 2 aromatic heterocycles. The summed E-state index contributed by atoms with van der Waals surface area (Å²) in [5.41, 5.74) is 4.28. The van der Waals surface area contributed by atoms with Crippen molar-refractivity contribution in [2.45, 2.75) is 13.0 Å². The Kier molecular flexibility index (Phi) is 5.77. The Bertz CT molecular complexity index is 1500. The summed E-state index contributed by atoms with van der Waals surface area (Å²) in [6.45, 7) is 1.97. The van der Waals surface area contributed by atoms with Crippen molar-refractivity contribution in [2.75, 3.05) is 23.9 Å². The quantitative estimate of drug-likeness (QED) is 0.443. The van der Waals surface area contributed by atoms with Crippen LogP contribution in [0.4, 0.5) is 16.2 Å². The second-order valence-electron chi connectivity index (χ2n) is 8.04. The molecule has 0 bridgehead atoms. The Balaban J connectivity index is 1.29. The Hall–Kier alpha value is -4.84. The highest BCUT2D eigenvalue weighted by Gasteiger charge is 2.30. The second-order valence-corrected chi connectivity index (χ2v) is 8.04. The zero-order chi connectivity index (χ0) is 24.4. The number of urea groups is 1. The molecule has 1 aliphatic heterocycles. The van der Waals surface area contributed by atoms with Crippen molar-refractivity contribution in [1.82, 2.24) is 19.9 Å². The molecule has 9 heteroatoms. The molecule has 1 aliphatic rings. The molecule has 0 saturated heterocycles. The normalized spacial score (nSPS) is 14.9. The summed E-state index contributed by atoms with van der Waals surface area (Å²) in [6, 6.07) is 15.0. The van der Waals surface area contributed by atoms with Gasteiger partial charge in [-0.2, -0.15) is 5.10 Å². The predicted octanol–water partition coefficient (Wildman–Crippen LogP) is 2.98. The third-order valence-electron chi connectivity index (χ3n) is 5.66. The molecule has 5 rings (SSSR count). The van der Waals surface area contributed by atoms with E-state index in [9.17, 15) is 9.59 Å². The number of para-hydroxylation sites is 2. The van der Waals surface area contributed by atoms with E-state index in [1.807, 2.05) is 37.3 Å². The molecule has 2 aromatic carbocycles. The summed E-state index contributed by atoms with van der Waals surface area (Å²) < 4.78 is 7.42. The lowest BCUT2D eigenvalue weighted by Gasteiger charge is -2.20. The van der Waals surface area contributed by atoms with Gasteiger partial charge >= 0.3 is 6.03 Å². The van der Waals surface area contributed by atoms with Crippen LogP contribution in [0.2, 0.25) is 0 Å².